The number of amides is 1. The SMILES string of the molecule is CCCCc1ccc(C#N)cc1NC(=O)[C@@H]1C[C@]12CCOc1cc(OCc3ccccc3)ccc12. The zero-order valence-electron chi connectivity index (χ0n) is 20.0. The van der Waals surface area contributed by atoms with Gasteiger partial charge in [-0.3, -0.25) is 4.79 Å². The van der Waals surface area contributed by atoms with E-state index in [2.05, 4.69) is 24.4 Å². The molecule has 1 heterocycles. The molecule has 0 unspecified atom stereocenters. The van der Waals surface area contributed by atoms with Crippen LogP contribution in [-0.2, 0) is 23.2 Å². The molecule has 0 bridgehead atoms. The van der Waals surface area contributed by atoms with E-state index in [0.717, 1.165) is 66.0 Å². The highest BCUT2D eigenvalue weighted by Gasteiger charge is 2.61. The van der Waals surface area contributed by atoms with Gasteiger partial charge in [-0.2, -0.15) is 5.26 Å². The van der Waals surface area contributed by atoms with Crippen molar-refractivity contribution in [1.82, 2.24) is 0 Å². The first kappa shape index (κ1) is 23.0. The number of fused-ring (bicyclic) bond motifs is 2. The highest BCUT2D eigenvalue weighted by Crippen LogP contribution is 2.61. The minimum absolute atomic E-state index is 0.0232. The average Bonchev–Trinajstić information content (AvgIpc) is 3.61. The summed E-state index contributed by atoms with van der Waals surface area (Å²) in [4.78, 5) is 13.4. The van der Waals surface area contributed by atoms with E-state index in [4.69, 9.17) is 9.47 Å². The first-order chi connectivity index (χ1) is 17.1. The summed E-state index contributed by atoms with van der Waals surface area (Å²) in [6.45, 7) is 3.24. The molecule has 5 heteroatoms. The van der Waals surface area contributed by atoms with Crippen LogP contribution in [0, 0.1) is 17.2 Å². The van der Waals surface area contributed by atoms with E-state index in [1.165, 1.54) is 0 Å². The molecule has 5 nitrogen and oxygen atoms in total. The normalized spacial score (nSPS) is 19.8. The minimum atomic E-state index is -0.188. The van der Waals surface area contributed by atoms with E-state index in [0.29, 0.717) is 18.8 Å². The summed E-state index contributed by atoms with van der Waals surface area (Å²) >= 11 is 0. The van der Waals surface area contributed by atoms with Crippen molar-refractivity contribution in [1.29, 1.82) is 5.26 Å². The molecule has 1 N–H and O–H groups in total. The van der Waals surface area contributed by atoms with Gasteiger partial charge in [0.2, 0.25) is 5.91 Å². The Morgan fingerprint density at radius 2 is 2.03 bits per heavy atom. The number of nitrogens with zero attached hydrogens (tertiary/aromatic N) is 1. The molecule has 1 saturated carbocycles. The number of aryl methyl sites for hydroxylation is 1. The summed E-state index contributed by atoms with van der Waals surface area (Å²) in [7, 11) is 0. The van der Waals surface area contributed by atoms with Gasteiger partial charge in [0.25, 0.3) is 0 Å². The van der Waals surface area contributed by atoms with Crippen LogP contribution in [0.1, 0.15) is 54.9 Å². The second kappa shape index (κ2) is 9.84. The predicted octanol–water partition coefficient (Wildman–Crippen LogP) is 6.16. The van der Waals surface area contributed by atoms with Crippen LogP contribution in [0.25, 0.3) is 0 Å². The van der Waals surface area contributed by atoms with Crippen LogP contribution in [-0.4, -0.2) is 12.5 Å². The number of benzene rings is 3. The van der Waals surface area contributed by atoms with Crippen LogP contribution >= 0.6 is 0 Å². The number of nitriles is 1. The van der Waals surface area contributed by atoms with Gasteiger partial charge >= 0.3 is 0 Å². The van der Waals surface area contributed by atoms with Crippen LogP contribution in [0.2, 0.25) is 0 Å². The van der Waals surface area contributed by atoms with Crippen LogP contribution in [0.5, 0.6) is 11.5 Å². The first-order valence-electron chi connectivity index (χ1n) is 12.4. The van der Waals surface area contributed by atoms with Gasteiger partial charge in [0.15, 0.2) is 0 Å². The van der Waals surface area contributed by atoms with Gasteiger partial charge in [0.1, 0.15) is 18.1 Å². The van der Waals surface area contributed by atoms with E-state index in [9.17, 15) is 10.1 Å². The number of ether oxygens (including phenoxy) is 2. The Balaban J connectivity index is 1.31. The highest BCUT2D eigenvalue weighted by atomic mass is 16.5. The summed E-state index contributed by atoms with van der Waals surface area (Å²) in [6, 6.07) is 23.8. The summed E-state index contributed by atoms with van der Waals surface area (Å²) in [5.41, 5.74) is 4.42. The zero-order chi connectivity index (χ0) is 24.3. The fourth-order valence-electron chi connectivity index (χ4n) is 5.13. The molecule has 3 aromatic carbocycles. The lowest BCUT2D eigenvalue weighted by molar-refractivity contribution is -0.117. The van der Waals surface area contributed by atoms with E-state index in [-0.39, 0.29) is 17.2 Å². The largest absolute Gasteiger partial charge is 0.493 e. The summed E-state index contributed by atoms with van der Waals surface area (Å²) in [5.74, 6) is 1.49. The maximum atomic E-state index is 13.4. The molecule has 2 aliphatic rings. The number of anilines is 1. The van der Waals surface area contributed by atoms with E-state index in [1.807, 2.05) is 54.6 Å². The molecule has 3 aromatic rings. The third kappa shape index (κ3) is 4.74. The second-order valence-electron chi connectivity index (χ2n) is 9.52. The molecule has 0 radical (unpaired) electrons. The standard InChI is InChI=1S/C30H30N2O3/c1-2-3-9-23-11-10-22(19-31)16-27(23)32-29(33)26-18-30(26)14-15-34-28-17-24(12-13-25(28)30)35-20-21-7-5-4-6-8-21/h4-8,10-13,16-17,26H,2-3,9,14-15,18,20H2,1H3,(H,32,33)/t26-,30-/m0/s1. The Morgan fingerprint density at radius 1 is 1.17 bits per heavy atom. The Labute approximate surface area is 206 Å². The van der Waals surface area contributed by atoms with Gasteiger partial charge in [-0.05, 0) is 55.0 Å². The Bertz CT molecular complexity index is 1260. The third-order valence-corrected chi connectivity index (χ3v) is 7.23. The lowest BCUT2D eigenvalue weighted by Crippen LogP contribution is -2.27. The maximum absolute atomic E-state index is 13.4. The fraction of sp³-hybridized carbons (Fsp3) is 0.333. The number of unbranched alkanes of at least 4 members (excludes halogenated alkanes) is 1. The van der Waals surface area contributed by atoms with Crippen molar-refractivity contribution in [3.8, 4) is 17.6 Å². The van der Waals surface area contributed by atoms with E-state index >= 15 is 0 Å². The Hall–Kier alpha value is -3.78. The number of nitrogens with one attached hydrogen (secondary N) is 1. The molecule has 1 fully saturated rings. The van der Waals surface area contributed by atoms with Crippen molar-refractivity contribution in [3.05, 3.63) is 89.0 Å². The molecule has 0 aromatic heterocycles. The number of carbonyl (C=O) groups excluding carboxylic acids is 1. The van der Waals surface area contributed by atoms with Crippen molar-refractivity contribution in [3.63, 3.8) is 0 Å². The molecular formula is C30H30N2O3. The van der Waals surface area contributed by atoms with Crippen LogP contribution in [0.15, 0.2) is 66.7 Å². The monoisotopic (exact) mass is 466 g/mol. The molecule has 5 rings (SSSR count). The molecule has 35 heavy (non-hydrogen) atoms. The van der Waals surface area contributed by atoms with E-state index in [1.54, 1.807) is 6.07 Å². The van der Waals surface area contributed by atoms with Crippen molar-refractivity contribution in [2.24, 2.45) is 5.92 Å². The lowest BCUT2D eigenvalue weighted by Gasteiger charge is -2.27. The van der Waals surface area contributed by atoms with Crippen LogP contribution in [0.4, 0.5) is 5.69 Å². The van der Waals surface area contributed by atoms with Gasteiger partial charge in [-0.25, -0.2) is 0 Å². The van der Waals surface area contributed by atoms with Gasteiger partial charge < -0.3 is 14.8 Å². The van der Waals surface area contributed by atoms with Crippen molar-refractivity contribution in [2.45, 2.75) is 51.0 Å². The van der Waals surface area contributed by atoms with E-state index < -0.39 is 0 Å². The molecule has 1 aliphatic carbocycles. The quantitative estimate of drug-likeness (QED) is 0.432. The highest BCUT2D eigenvalue weighted by molar-refractivity contribution is 5.97. The number of hydrogen-bond donors (Lipinski definition) is 1. The molecule has 0 saturated heterocycles. The fourth-order valence-corrected chi connectivity index (χ4v) is 5.13. The molecular weight excluding hydrogens is 436 g/mol. The van der Waals surface area contributed by atoms with Crippen molar-refractivity contribution in [2.75, 3.05) is 11.9 Å². The summed E-state index contributed by atoms with van der Waals surface area (Å²) in [6.07, 6.45) is 4.63. The van der Waals surface area contributed by atoms with Crippen LogP contribution in [0.3, 0.4) is 0 Å². The lowest BCUT2D eigenvalue weighted by atomic mass is 9.87. The first-order valence-corrected chi connectivity index (χ1v) is 12.4. The summed E-state index contributed by atoms with van der Waals surface area (Å²) < 4.78 is 12.0. The number of hydrogen-bond acceptors (Lipinski definition) is 4. The molecule has 2 atom stereocenters. The molecule has 1 aliphatic heterocycles. The van der Waals surface area contributed by atoms with Gasteiger partial charge in [-0.1, -0.05) is 55.8 Å². The van der Waals surface area contributed by atoms with Gasteiger partial charge in [0.05, 0.1) is 18.2 Å². The molecule has 178 valence electrons. The van der Waals surface area contributed by atoms with Gasteiger partial charge in [-0.15, -0.1) is 0 Å². The number of rotatable bonds is 8. The maximum Gasteiger partial charge on any atom is 0.228 e. The third-order valence-electron chi connectivity index (χ3n) is 7.23. The second-order valence-corrected chi connectivity index (χ2v) is 9.52. The average molecular weight is 467 g/mol. The Kier molecular flexibility index (Phi) is 6.46. The topological polar surface area (TPSA) is 71.4 Å². The van der Waals surface area contributed by atoms with Gasteiger partial charge in [0, 0.05) is 28.7 Å². The van der Waals surface area contributed by atoms with Crippen LogP contribution < -0.4 is 14.8 Å². The predicted molar refractivity (Wildman–Crippen MR) is 136 cm³/mol. The zero-order valence-corrected chi connectivity index (χ0v) is 20.0. The molecule has 1 spiro atoms. The Morgan fingerprint density at radius 3 is 2.83 bits per heavy atom. The molecule has 1 amide bonds. The minimum Gasteiger partial charge on any atom is -0.493 e. The number of carbonyl (C=O) groups is 1. The smallest absolute Gasteiger partial charge is 0.228 e. The van der Waals surface area contributed by atoms with Crippen molar-refractivity contribution < 1.29 is 14.3 Å². The summed E-state index contributed by atoms with van der Waals surface area (Å²) in [5, 5.41) is 12.5. The van der Waals surface area contributed by atoms with Crippen molar-refractivity contribution >= 4 is 11.6 Å².